The number of hydrogen-bond acceptors (Lipinski definition) is 4. The summed E-state index contributed by atoms with van der Waals surface area (Å²) in [5.74, 6) is -0.0339. The number of carbonyl (C=O) groups excluding carboxylic acids is 2. The van der Waals surface area contributed by atoms with Gasteiger partial charge in [0.1, 0.15) is 5.75 Å². The summed E-state index contributed by atoms with van der Waals surface area (Å²) in [6.45, 7) is 12.3. The van der Waals surface area contributed by atoms with E-state index in [1.807, 2.05) is 59.7 Å². The predicted molar refractivity (Wildman–Crippen MR) is 120 cm³/mol. The summed E-state index contributed by atoms with van der Waals surface area (Å²) in [6.07, 6.45) is 1.75. The third-order valence-corrected chi connectivity index (χ3v) is 5.72. The standard InChI is InChI=1S/C24H27NO3S/c1-23(2,3)17-12-15(13-18(20(17)26)24(4,5)6)14-19-21(27)25(22(28)29-19)16-10-8-7-9-11-16/h7-14,26H,1-6H3/b19-14-. The number of carbonyl (C=O) groups is 2. The third kappa shape index (κ3) is 4.25. The van der Waals surface area contributed by atoms with Crippen LogP contribution in [0, 0.1) is 0 Å². The fourth-order valence-corrected chi connectivity index (χ4v) is 4.14. The van der Waals surface area contributed by atoms with Crippen LogP contribution in [-0.2, 0) is 15.6 Å². The molecule has 0 saturated carbocycles. The molecule has 2 aromatic rings. The topological polar surface area (TPSA) is 57.6 Å². The number of phenols is 1. The number of para-hydroxylation sites is 1. The van der Waals surface area contributed by atoms with Gasteiger partial charge < -0.3 is 5.11 Å². The fourth-order valence-electron chi connectivity index (χ4n) is 3.30. The van der Waals surface area contributed by atoms with E-state index in [9.17, 15) is 14.7 Å². The van der Waals surface area contributed by atoms with E-state index in [1.54, 1.807) is 30.3 Å². The number of imide groups is 1. The van der Waals surface area contributed by atoms with Crippen LogP contribution in [0.25, 0.3) is 6.08 Å². The van der Waals surface area contributed by atoms with Gasteiger partial charge in [-0.15, -0.1) is 0 Å². The molecule has 1 fully saturated rings. The molecule has 2 aromatic carbocycles. The molecule has 0 unspecified atom stereocenters. The number of phenolic OH excluding ortho intramolecular Hbond substituents is 1. The molecule has 0 spiro atoms. The first-order valence-corrected chi connectivity index (χ1v) is 10.4. The van der Waals surface area contributed by atoms with Crippen molar-refractivity contribution in [1.82, 2.24) is 0 Å². The van der Waals surface area contributed by atoms with E-state index in [0.717, 1.165) is 28.5 Å². The number of thioether (sulfide) groups is 1. The highest BCUT2D eigenvalue weighted by atomic mass is 32.2. The second kappa shape index (κ2) is 7.38. The van der Waals surface area contributed by atoms with Crippen molar-refractivity contribution in [3.8, 4) is 5.75 Å². The van der Waals surface area contributed by atoms with Crippen molar-refractivity contribution >= 4 is 34.7 Å². The highest BCUT2D eigenvalue weighted by Gasteiger charge is 2.36. The number of rotatable bonds is 2. The number of benzene rings is 2. The van der Waals surface area contributed by atoms with Gasteiger partial charge in [0.25, 0.3) is 11.1 Å². The Morgan fingerprint density at radius 1 is 0.897 bits per heavy atom. The molecule has 152 valence electrons. The highest BCUT2D eigenvalue weighted by Crippen LogP contribution is 2.41. The monoisotopic (exact) mass is 409 g/mol. The lowest BCUT2D eigenvalue weighted by atomic mass is 9.78. The van der Waals surface area contributed by atoms with Crippen molar-refractivity contribution in [2.24, 2.45) is 0 Å². The lowest BCUT2D eigenvalue weighted by molar-refractivity contribution is -0.113. The van der Waals surface area contributed by atoms with Crippen LogP contribution in [0.5, 0.6) is 5.75 Å². The van der Waals surface area contributed by atoms with Gasteiger partial charge in [-0.2, -0.15) is 0 Å². The molecule has 0 aromatic heterocycles. The van der Waals surface area contributed by atoms with E-state index >= 15 is 0 Å². The van der Waals surface area contributed by atoms with Crippen LogP contribution in [0.3, 0.4) is 0 Å². The number of amides is 2. The lowest BCUT2D eigenvalue weighted by Gasteiger charge is -2.28. The van der Waals surface area contributed by atoms with E-state index in [1.165, 1.54) is 4.90 Å². The summed E-state index contributed by atoms with van der Waals surface area (Å²) in [6, 6.07) is 12.7. The SMILES string of the molecule is CC(C)(C)c1cc(/C=C2\SC(=O)N(c3ccccc3)C2=O)cc(C(C)(C)C)c1O. The Bertz CT molecular complexity index is 960. The maximum atomic E-state index is 12.9. The molecular weight excluding hydrogens is 382 g/mol. The first-order chi connectivity index (χ1) is 13.4. The number of aromatic hydroxyl groups is 1. The van der Waals surface area contributed by atoms with Crippen LogP contribution >= 0.6 is 11.8 Å². The van der Waals surface area contributed by atoms with Crippen molar-refractivity contribution < 1.29 is 14.7 Å². The molecule has 5 heteroatoms. The van der Waals surface area contributed by atoms with Gasteiger partial charge in [-0.05, 0) is 58.5 Å². The van der Waals surface area contributed by atoms with Gasteiger partial charge in [0, 0.05) is 11.1 Å². The smallest absolute Gasteiger partial charge is 0.298 e. The second-order valence-electron chi connectivity index (χ2n) is 9.32. The molecule has 0 aliphatic carbocycles. The Labute approximate surface area is 176 Å². The molecule has 3 rings (SSSR count). The summed E-state index contributed by atoms with van der Waals surface area (Å²) in [7, 11) is 0. The summed E-state index contributed by atoms with van der Waals surface area (Å²) < 4.78 is 0. The largest absolute Gasteiger partial charge is 0.507 e. The van der Waals surface area contributed by atoms with Gasteiger partial charge in [0.15, 0.2) is 0 Å². The molecule has 0 atom stereocenters. The van der Waals surface area contributed by atoms with Crippen LogP contribution in [0.15, 0.2) is 47.4 Å². The molecule has 1 saturated heterocycles. The van der Waals surface area contributed by atoms with E-state index in [0.29, 0.717) is 16.3 Å². The quantitative estimate of drug-likeness (QED) is 0.598. The zero-order valence-electron chi connectivity index (χ0n) is 17.7. The maximum absolute atomic E-state index is 12.9. The van der Waals surface area contributed by atoms with Crippen LogP contribution in [0.1, 0.15) is 58.2 Å². The van der Waals surface area contributed by atoms with E-state index in [2.05, 4.69) is 0 Å². The summed E-state index contributed by atoms with van der Waals surface area (Å²) in [5.41, 5.74) is 2.47. The first kappa shape index (κ1) is 21.2. The minimum Gasteiger partial charge on any atom is -0.507 e. The van der Waals surface area contributed by atoms with E-state index < -0.39 is 0 Å². The van der Waals surface area contributed by atoms with E-state index in [-0.39, 0.29) is 22.0 Å². The van der Waals surface area contributed by atoms with Gasteiger partial charge in [0.05, 0.1) is 10.6 Å². The van der Waals surface area contributed by atoms with Crippen LogP contribution < -0.4 is 4.90 Å². The summed E-state index contributed by atoms with van der Waals surface area (Å²) in [4.78, 5) is 27.0. The van der Waals surface area contributed by atoms with Crippen molar-refractivity contribution in [3.05, 3.63) is 64.1 Å². The average Bonchev–Trinajstić information content (AvgIpc) is 2.88. The van der Waals surface area contributed by atoms with Crippen LogP contribution in [-0.4, -0.2) is 16.3 Å². The Kier molecular flexibility index (Phi) is 5.39. The first-order valence-electron chi connectivity index (χ1n) is 9.60. The van der Waals surface area contributed by atoms with Crippen molar-refractivity contribution in [2.45, 2.75) is 52.4 Å². The molecular formula is C24H27NO3S. The van der Waals surface area contributed by atoms with Crippen molar-refractivity contribution in [1.29, 1.82) is 0 Å². The second-order valence-corrected chi connectivity index (χ2v) is 10.3. The van der Waals surface area contributed by atoms with Gasteiger partial charge in [-0.1, -0.05) is 59.7 Å². The minimum absolute atomic E-state index is 0.267. The maximum Gasteiger partial charge on any atom is 0.298 e. The Morgan fingerprint density at radius 3 is 1.90 bits per heavy atom. The molecule has 1 aliphatic rings. The summed E-state index contributed by atoms with van der Waals surface area (Å²) >= 11 is 0.938. The minimum atomic E-state index is -0.325. The molecule has 2 amide bonds. The molecule has 1 heterocycles. The lowest BCUT2D eigenvalue weighted by Crippen LogP contribution is -2.27. The highest BCUT2D eigenvalue weighted by molar-refractivity contribution is 8.19. The van der Waals surface area contributed by atoms with Gasteiger partial charge in [0.2, 0.25) is 0 Å². The molecule has 1 aliphatic heterocycles. The van der Waals surface area contributed by atoms with Crippen molar-refractivity contribution in [3.63, 3.8) is 0 Å². The Hall–Kier alpha value is -2.53. The van der Waals surface area contributed by atoms with Crippen LogP contribution in [0.4, 0.5) is 10.5 Å². The average molecular weight is 410 g/mol. The third-order valence-electron chi connectivity index (χ3n) is 4.85. The van der Waals surface area contributed by atoms with Gasteiger partial charge >= 0.3 is 0 Å². The molecule has 4 nitrogen and oxygen atoms in total. The van der Waals surface area contributed by atoms with Crippen molar-refractivity contribution in [2.75, 3.05) is 4.90 Å². The zero-order valence-corrected chi connectivity index (χ0v) is 18.6. The number of hydrogen-bond donors (Lipinski definition) is 1. The van der Waals surface area contributed by atoms with Gasteiger partial charge in [-0.3, -0.25) is 9.59 Å². The van der Waals surface area contributed by atoms with Crippen LogP contribution in [0.2, 0.25) is 0 Å². The summed E-state index contributed by atoms with van der Waals surface area (Å²) in [5, 5.41) is 10.6. The van der Waals surface area contributed by atoms with Gasteiger partial charge in [-0.25, -0.2) is 4.90 Å². The number of anilines is 1. The molecule has 1 N–H and O–H groups in total. The molecule has 29 heavy (non-hydrogen) atoms. The molecule has 0 radical (unpaired) electrons. The fraction of sp³-hybridized carbons (Fsp3) is 0.333. The molecule has 0 bridgehead atoms. The normalized spacial score (nSPS) is 16.8. The zero-order chi connectivity index (χ0) is 21.6. The predicted octanol–water partition coefficient (Wildman–Crippen LogP) is 6.23. The van der Waals surface area contributed by atoms with E-state index in [4.69, 9.17) is 0 Å². The Balaban J connectivity index is 2.09. The number of nitrogens with zero attached hydrogens (tertiary/aromatic N) is 1. The Morgan fingerprint density at radius 2 is 1.41 bits per heavy atom.